The molecule has 0 bridgehead atoms. The molecule has 1 saturated heterocycles. The van der Waals surface area contributed by atoms with Gasteiger partial charge in [0.15, 0.2) is 11.6 Å². The monoisotopic (exact) mass is 271 g/mol. The predicted octanol–water partition coefficient (Wildman–Crippen LogP) is 2.05. The maximum atomic E-state index is 13.0. The van der Waals surface area contributed by atoms with Gasteiger partial charge in [-0.15, -0.1) is 0 Å². The molecule has 1 aliphatic rings. The second kappa shape index (κ2) is 6.82. The van der Waals surface area contributed by atoms with E-state index in [2.05, 4.69) is 4.90 Å². The van der Waals surface area contributed by atoms with Gasteiger partial charge in [0.2, 0.25) is 0 Å². The van der Waals surface area contributed by atoms with Crippen molar-refractivity contribution < 1.29 is 18.6 Å². The summed E-state index contributed by atoms with van der Waals surface area (Å²) in [5, 5.41) is 9.04. The molecule has 1 N–H and O–H groups in total. The quantitative estimate of drug-likeness (QED) is 0.889. The van der Waals surface area contributed by atoms with Gasteiger partial charge in [-0.25, -0.2) is 8.78 Å². The van der Waals surface area contributed by atoms with E-state index in [-0.39, 0.29) is 6.61 Å². The Bertz CT molecular complexity index is 406. The molecular weight excluding hydrogens is 252 g/mol. The topological polar surface area (TPSA) is 32.7 Å². The van der Waals surface area contributed by atoms with Crippen molar-refractivity contribution in [3.05, 3.63) is 29.8 Å². The number of halogens is 2. The smallest absolute Gasteiger partial charge is 0.162 e. The molecule has 2 rings (SSSR count). The van der Waals surface area contributed by atoms with Gasteiger partial charge in [0.25, 0.3) is 0 Å². The molecule has 0 atom stereocenters. The Balaban J connectivity index is 1.70. The molecule has 0 radical (unpaired) electrons. The molecule has 0 saturated carbocycles. The van der Waals surface area contributed by atoms with Crippen LogP contribution in [0.15, 0.2) is 18.2 Å². The van der Waals surface area contributed by atoms with Crippen LogP contribution in [0.1, 0.15) is 12.8 Å². The summed E-state index contributed by atoms with van der Waals surface area (Å²) in [6.07, 6.45) is 2.00. The minimum atomic E-state index is -0.888. The lowest BCUT2D eigenvalue weighted by molar-refractivity contribution is 0.118. The molecule has 0 amide bonds. The van der Waals surface area contributed by atoms with Crippen LogP contribution in [0.3, 0.4) is 0 Å². The number of hydrogen-bond acceptors (Lipinski definition) is 3. The van der Waals surface area contributed by atoms with Crippen LogP contribution < -0.4 is 4.74 Å². The van der Waals surface area contributed by atoms with Crippen LogP contribution in [0.4, 0.5) is 8.78 Å². The largest absolute Gasteiger partial charge is 0.492 e. The van der Waals surface area contributed by atoms with Crippen molar-refractivity contribution in [1.82, 2.24) is 4.90 Å². The first-order chi connectivity index (χ1) is 9.19. The van der Waals surface area contributed by atoms with E-state index in [1.807, 2.05) is 0 Å². The Labute approximate surface area is 111 Å². The number of hydrogen-bond donors (Lipinski definition) is 1. The highest BCUT2D eigenvalue weighted by atomic mass is 19.2. The van der Waals surface area contributed by atoms with E-state index in [0.29, 0.717) is 18.3 Å². The highest BCUT2D eigenvalue weighted by Gasteiger charge is 2.17. The fourth-order valence-corrected chi connectivity index (χ4v) is 2.25. The summed E-state index contributed by atoms with van der Waals surface area (Å²) in [5.41, 5.74) is 0. The number of aliphatic hydroxyl groups is 1. The van der Waals surface area contributed by atoms with Gasteiger partial charge in [0.05, 0.1) is 0 Å². The Hall–Kier alpha value is -1.20. The van der Waals surface area contributed by atoms with E-state index < -0.39 is 11.6 Å². The van der Waals surface area contributed by atoms with Crippen molar-refractivity contribution >= 4 is 0 Å². The molecule has 19 heavy (non-hydrogen) atoms. The molecule has 0 aliphatic carbocycles. The third-order valence-corrected chi connectivity index (χ3v) is 3.53. The van der Waals surface area contributed by atoms with Crippen LogP contribution in [0.25, 0.3) is 0 Å². The zero-order chi connectivity index (χ0) is 13.7. The molecule has 1 heterocycles. The molecule has 1 aromatic carbocycles. The van der Waals surface area contributed by atoms with Gasteiger partial charge in [-0.05, 0) is 44.0 Å². The second-order valence-electron chi connectivity index (χ2n) is 4.89. The summed E-state index contributed by atoms with van der Waals surface area (Å²) in [4.78, 5) is 2.26. The third-order valence-electron chi connectivity index (χ3n) is 3.53. The van der Waals surface area contributed by atoms with Crippen LogP contribution >= 0.6 is 0 Å². The van der Waals surface area contributed by atoms with E-state index >= 15 is 0 Å². The van der Waals surface area contributed by atoms with Crippen LogP contribution in [-0.4, -0.2) is 42.9 Å². The van der Waals surface area contributed by atoms with Crippen LogP contribution in [0, 0.1) is 17.6 Å². The maximum absolute atomic E-state index is 13.0. The fourth-order valence-electron chi connectivity index (χ4n) is 2.25. The lowest BCUT2D eigenvalue weighted by Gasteiger charge is -2.30. The van der Waals surface area contributed by atoms with Crippen molar-refractivity contribution in [3.63, 3.8) is 0 Å². The standard InChI is InChI=1S/C14H19F2NO2/c15-13-2-1-12(9-14(13)16)19-8-7-17-5-3-11(10-18)4-6-17/h1-2,9,11,18H,3-8,10H2. The molecule has 1 fully saturated rings. The van der Waals surface area contributed by atoms with Gasteiger partial charge in [0.1, 0.15) is 12.4 Å². The molecule has 106 valence electrons. The molecule has 5 heteroatoms. The zero-order valence-electron chi connectivity index (χ0n) is 10.8. The zero-order valence-corrected chi connectivity index (χ0v) is 10.8. The van der Waals surface area contributed by atoms with Gasteiger partial charge in [-0.1, -0.05) is 0 Å². The van der Waals surface area contributed by atoms with Crippen LogP contribution in [-0.2, 0) is 0 Å². The maximum Gasteiger partial charge on any atom is 0.162 e. The number of aliphatic hydroxyl groups excluding tert-OH is 1. The fraction of sp³-hybridized carbons (Fsp3) is 0.571. The number of likely N-dealkylation sites (tertiary alicyclic amines) is 1. The lowest BCUT2D eigenvalue weighted by atomic mass is 9.98. The highest BCUT2D eigenvalue weighted by Crippen LogP contribution is 2.17. The SMILES string of the molecule is OCC1CCN(CCOc2ccc(F)c(F)c2)CC1. The Morgan fingerprint density at radius 1 is 1.21 bits per heavy atom. The average Bonchev–Trinajstić information content (AvgIpc) is 2.43. The van der Waals surface area contributed by atoms with E-state index in [1.165, 1.54) is 6.07 Å². The lowest BCUT2D eigenvalue weighted by Crippen LogP contribution is -2.37. The summed E-state index contributed by atoms with van der Waals surface area (Å²) in [6, 6.07) is 3.56. The summed E-state index contributed by atoms with van der Waals surface area (Å²) in [7, 11) is 0. The number of benzene rings is 1. The van der Waals surface area contributed by atoms with Crippen LogP contribution in [0.5, 0.6) is 5.75 Å². The van der Waals surface area contributed by atoms with Gasteiger partial charge in [0, 0.05) is 19.2 Å². The van der Waals surface area contributed by atoms with Gasteiger partial charge >= 0.3 is 0 Å². The minimum Gasteiger partial charge on any atom is -0.492 e. The van der Waals surface area contributed by atoms with Crippen LogP contribution in [0.2, 0.25) is 0 Å². The molecule has 0 unspecified atom stereocenters. The summed E-state index contributed by atoms with van der Waals surface area (Å²) in [5.74, 6) is -0.979. The average molecular weight is 271 g/mol. The van der Waals surface area contributed by atoms with Gasteiger partial charge in [-0.3, -0.25) is 4.90 Å². The van der Waals surface area contributed by atoms with E-state index in [9.17, 15) is 8.78 Å². The van der Waals surface area contributed by atoms with Gasteiger partial charge < -0.3 is 9.84 Å². The van der Waals surface area contributed by atoms with Gasteiger partial charge in [-0.2, -0.15) is 0 Å². The van der Waals surface area contributed by atoms with Crippen molar-refractivity contribution in [1.29, 1.82) is 0 Å². The van der Waals surface area contributed by atoms with E-state index in [0.717, 1.165) is 44.6 Å². The summed E-state index contributed by atoms with van der Waals surface area (Å²) >= 11 is 0. The third kappa shape index (κ3) is 4.14. The first kappa shape index (κ1) is 14.2. The molecule has 1 aliphatic heterocycles. The normalized spacial score (nSPS) is 17.6. The molecule has 3 nitrogen and oxygen atoms in total. The van der Waals surface area contributed by atoms with Crippen molar-refractivity contribution in [2.24, 2.45) is 5.92 Å². The number of piperidine rings is 1. The van der Waals surface area contributed by atoms with Crippen molar-refractivity contribution in [2.45, 2.75) is 12.8 Å². The molecule has 0 aromatic heterocycles. The number of rotatable bonds is 5. The molecule has 1 aromatic rings. The van der Waals surface area contributed by atoms with E-state index in [1.54, 1.807) is 0 Å². The summed E-state index contributed by atoms with van der Waals surface area (Å²) in [6.45, 7) is 3.38. The number of nitrogens with zero attached hydrogens (tertiary/aromatic N) is 1. The molecule has 0 spiro atoms. The summed E-state index contributed by atoms with van der Waals surface area (Å²) < 4.78 is 31.1. The number of ether oxygens (including phenoxy) is 1. The first-order valence-corrected chi connectivity index (χ1v) is 6.60. The highest BCUT2D eigenvalue weighted by molar-refractivity contribution is 5.23. The molecular formula is C14H19F2NO2. The minimum absolute atomic E-state index is 0.263. The van der Waals surface area contributed by atoms with Crippen molar-refractivity contribution in [2.75, 3.05) is 32.8 Å². The Kier molecular flexibility index (Phi) is 5.10. The van der Waals surface area contributed by atoms with Crippen molar-refractivity contribution in [3.8, 4) is 5.75 Å². The predicted molar refractivity (Wildman–Crippen MR) is 68.1 cm³/mol. The first-order valence-electron chi connectivity index (χ1n) is 6.60. The Morgan fingerprint density at radius 2 is 1.95 bits per heavy atom. The second-order valence-corrected chi connectivity index (χ2v) is 4.89. The van der Waals surface area contributed by atoms with E-state index in [4.69, 9.17) is 9.84 Å². The Morgan fingerprint density at radius 3 is 2.58 bits per heavy atom.